The van der Waals surface area contributed by atoms with Crippen LogP contribution in [0.1, 0.15) is 0 Å². The van der Waals surface area contributed by atoms with E-state index < -0.39 is 0 Å². The highest BCUT2D eigenvalue weighted by Gasteiger charge is 2.05. The Kier molecular flexibility index (Phi) is 2.54. The third-order valence-corrected chi connectivity index (χ3v) is 1.70. The van der Waals surface area contributed by atoms with Crippen LogP contribution in [0.25, 0.3) is 0 Å². The van der Waals surface area contributed by atoms with Crippen molar-refractivity contribution >= 4 is 0 Å². The van der Waals surface area contributed by atoms with E-state index in [1.165, 1.54) is 15.3 Å². The lowest BCUT2D eigenvalue weighted by molar-refractivity contribution is 0.411. The molecule has 0 bridgehead atoms. The Balaban J connectivity index is 2.90. The number of hydrogen-bond donors (Lipinski definition) is 2. The van der Waals surface area contributed by atoms with Gasteiger partial charge >= 0.3 is 5.69 Å². The maximum atomic E-state index is 11.2. The van der Waals surface area contributed by atoms with E-state index in [9.17, 15) is 9.90 Å². The standard InChI is InChI=1S/C7H13N3O2/c1-8-3-4-10-6(11)5-9(2)7(10)12/h5,8,11H,3-4H2,1-2H3. The molecule has 2 N–H and O–H groups in total. The van der Waals surface area contributed by atoms with Crippen LogP contribution in [-0.2, 0) is 13.6 Å². The van der Waals surface area contributed by atoms with Gasteiger partial charge in [-0.15, -0.1) is 0 Å². The first kappa shape index (κ1) is 8.86. The fraction of sp³-hybridized carbons (Fsp3) is 0.571. The highest BCUT2D eigenvalue weighted by atomic mass is 16.3. The fourth-order valence-corrected chi connectivity index (χ4v) is 1.02. The fourth-order valence-electron chi connectivity index (χ4n) is 1.02. The molecule has 0 aromatic carbocycles. The van der Waals surface area contributed by atoms with Crippen molar-refractivity contribution in [2.75, 3.05) is 13.6 Å². The predicted octanol–water partition coefficient (Wildman–Crippen LogP) is -0.888. The Bertz CT molecular complexity index is 313. The van der Waals surface area contributed by atoms with Crippen molar-refractivity contribution in [3.05, 3.63) is 16.7 Å². The number of hydrogen-bond acceptors (Lipinski definition) is 3. The topological polar surface area (TPSA) is 59.2 Å². The third kappa shape index (κ3) is 1.50. The van der Waals surface area contributed by atoms with Crippen molar-refractivity contribution in [1.82, 2.24) is 14.5 Å². The van der Waals surface area contributed by atoms with E-state index in [2.05, 4.69) is 5.32 Å². The Hall–Kier alpha value is -1.23. The summed E-state index contributed by atoms with van der Waals surface area (Å²) in [6.45, 7) is 1.15. The number of imidazole rings is 1. The average molecular weight is 171 g/mol. The lowest BCUT2D eigenvalue weighted by Crippen LogP contribution is -2.26. The van der Waals surface area contributed by atoms with Crippen molar-refractivity contribution in [1.29, 1.82) is 0 Å². The zero-order valence-electron chi connectivity index (χ0n) is 7.24. The molecule has 0 aliphatic carbocycles. The van der Waals surface area contributed by atoms with Gasteiger partial charge in [0.05, 0.1) is 6.20 Å². The third-order valence-electron chi connectivity index (χ3n) is 1.70. The number of nitrogens with zero attached hydrogens (tertiary/aromatic N) is 2. The van der Waals surface area contributed by atoms with Crippen LogP contribution >= 0.6 is 0 Å². The maximum absolute atomic E-state index is 11.2. The molecule has 0 fully saturated rings. The normalized spacial score (nSPS) is 10.5. The molecule has 0 saturated heterocycles. The van der Waals surface area contributed by atoms with Gasteiger partial charge in [0.25, 0.3) is 0 Å². The molecule has 0 atom stereocenters. The molecule has 1 rings (SSSR count). The van der Waals surface area contributed by atoms with Crippen LogP contribution in [0.5, 0.6) is 5.88 Å². The van der Waals surface area contributed by atoms with Crippen LogP contribution in [0.15, 0.2) is 11.0 Å². The highest BCUT2D eigenvalue weighted by Crippen LogP contribution is 2.02. The Morgan fingerprint density at radius 1 is 1.67 bits per heavy atom. The average Bonchev–Trinajstić information content (AvgIpc) is 2.25. The van der Waals surface area contributed by atoms with Crippen LogP contribution in [-0.4, -0.2) is 27.8 Å². The van der Waals surface area contributed by atoms with Crippen molar-refractivity contribution in [3.8, 4) is 5.88 Å². The molecule has 0 unspecified atom stereocenters. The van der Waals surface area contributed by atoms with E-state index in [0.717, 1.165) is 0 Å². The van der Waals surface area contributed by atoms with E-state index in [1.807, 2.05) is 0 Å². The number of aryl methyl sites for hydroxylation is 1. The van der Waals surface area contributed by atoms with Crippen LogP contribution < -0.4 is 11.0 Å². The predicted molar refractivity (Wildman–Crippen MR) is 45.3 cm³/mol. The second kappa shape index (κ2) is 3.44. The molecule has 68 valence electrons. The molecule has 0 radical (unpaired) electrons. The van der Waals surface area contributed by atoms with Gasteiger partial charge in [-0.25, -0.2) is 4.79 Å². The lowest BCUT2D eigenvalue weighted by atomic mass is 10.6. The zero-order chi connectivity index (χ0) is 9.14. The molecule has 0 spiro atoms. The largest absolute Gasteiger partial charge is 0.493 e. The number of likely N-dealkylation sites (N-methyl/N-ethyl adjacent to an activating group) is 1. The Morgan fingerprint density at radius 3 is 2.75 bits per heavy atom. The van der Waals surface area contributed by atoms with Crippen LogP contribution in [0.2, 0.25) is 0 Å². The second-order valence-electron chi connectivity index (χ2n) is 2.64. The van der Waals surface area contributed by atoms with Crippen LogP contribution in [0, 0.1) is 0 Å². The summed E-state index contributed by atoms with van der Waals surface area (Å²) in [5.41, 5.74) is -0.192. The van der Waals surface area contributed by atoms with Gasteiger partial charge in [0.15, 0.2) is 0 Å². The molecule has 1 heterocycles. The Morgan fingerprint density at radius 2 is 2.33 bits per heavy atom. The second-order valence-corrected chi connectivity index (χ2v) is 2.64. The minimum atomic E-state index is -0.192. The molecule has 5 nitrogen and oxygen atoms in total. The highest BCUT2D eigenvalue weighted by molar-refractivity contribution is 5.04. The zero-order valence-corrected chi connectivity index (χ0v) is 7.24. The maximum Gasteiger partial charge on any atom is 0.330 e. The van der Waals surface area contributed by atoms with Crippen LogP contribution in [0.3, 0.4) is 0 Å². The molecule has 12 heavy (non-hydrogen) atoms. The first-order valence-electron chi connectivity index (χ1n) is 3.76. The molecular formula is C7H13N3O2. The monoisotopic (exact) mass is 171 g/mol. The molecule has 0 aliphatic heterocycles. The molecule has 0 amide bonds. The summed E-state index contributed by atoms with van der Waals surface area (Å²) >= 11 is 0. The first-order valence-corrected chi connectivity index (χ1v) is 3.76. The molecule has 0 aliphatic rings. The van der Waals surface area contributed by atoms with Gasteiger partial charge in [-0.05, 0) is 7.05 Å². The summed E-state index contributed by atoms with van der Waals surface area (Å²) in [7, 11) is 3.41. The summed E-state index contributed by atoms with van der Waals surface area (Å²) in [4.78, 5) is 11.2. The summed E-state index contributed by atoms with van der Waals surface area (Å²) in [5, 5.41) is 12.2. The summed E-state index contributed by atoms with van der Waals surface area (Å²) in [5.74, 6) is 0.0118. The molecule has 0 saturated carbocycles. The minimum Gasteiger partial charge on any atom is -0.493 e. The van der Waals surface area contributed by atoms with Gasteiger partial charge in [0.2, 0.25) is 5.88 Å². The van der Waals surface area contributed by atoms with Crippen molar-refractivity contribution < 1.29 is 5.11 Å². The van der Waals surface area contributed by atoms with E-state index in [0.29, 0.717) is 13.1 Å². The molecule has 5 heteroatoms. The van der Waals surface area contributed by atoms with Crippen molar-refractivity contribution in [2.45, 2.75) is 6.54 Å². The number of aromatic nitrogens is 2. The lowest BCUT2D eigenvalue weighted by Gasteiger charge is -2.00. The summed E-state index contributed by atoms with van der Waals surface area (Å²) < 4.78 is 2.67. The number of aromatic hydroxyl groups is 1. The number of rotatable bonds is 3. The molecule has 1 aromatic heterocycles. The Labute approximate surface area is 70.2 Å². The van der Waals surface area contributed by atoms with Gasteiger partial charge in [-0.1, -0.05) is 0 Å². The van der Waals surface area contributed by atoms with E-state index in [-0.39, 0.29) is 11.6 Å². The van der Waals surface area contributed by atoms with Gasteiger partial charge in [0.1, 0.15) is 0 Å². The number of nitrogens with one attached hydrogen (secondary N) is 1. The minimum absolute atomic E-state index is 0.0118. The quantitative estimate of drug-likeness (QED) is 0.620. The van der Waals surface area contributed by atoms with Gasteiger partial charge in [-0.2, -0.15) is 0 Å². The smallest absolute Gasteiger partial charge is 0.330 e. The first-order chi connectivity index (χ1) is 5.66. The van der Waals surface area contributed by atoms with Crippen LogP contribution in [0.4, 0.5) is 0 Å². The van der Waals surface area contributed by atoms with Gasteiger partial charge < -0.3 is 10.4 Å². The molecular weight excluding hydrogens is 158 g/mol. The molecule has 1 aromatic rings. The van der Waals surface area contributed by atoms with Crippen molar-refractivity contribution in [3.63, 3.8) is 0 Å². The summed E-state index contributed by atoms with van der Waals surface area (Å²) in [6, 6.07) is 0. The van der Waals surface area contributed by atoms with E-state index in [4.69, 9.17) is 0 Å². The van der Waals surface area contributed by atoms with Gasteiger partial charge in [0, 0.05) is 20.1 Å². The SMILES string of the molecule is CNCCn1c(O)cn(C)c1=O. The van der Waals surface area contributed by atoms with Crippen molar-refractivity contribution in [2.24, 2.45) is 7.05 Å². The summed E-state index contributed by atoms with van der Waals surface area (Å²) in [6.07, 6.45) is 1.40. The van der Waals surface area contributed by atoms with Gasteiger partial charge in [-0.3, -0.25) is 9.13 Å². The van der Waals surface area contributed by atoms with E-state index >= 15 is 0 Å². The van der Waals surface area contributed by atoms with E-state index in [1.54, 1.807) is 14.1 Å².